The van der Waals surface area contributed by atoms with Gasteiger partial charge in [-0.25, -0.2) is 0 Å². The number of rotatable bonds is 4. The fourth-order valence-corrected chi connectivity index (χ4v) is 5.96. The van der Waals surface area contributed by atoms with Crippen molar-refractivity contribution in [2.45, 2.75) is 4.75 Å². The number of benzene rings is 3. The molecule has 0 aliphatic rings. The normalized spacial score (nSPS) is 13.8. The van der Waals surface area contributed by atoms with Crippen molar-refractivity contribution >= 4 is 56.5 Å². The van der Waals surface area contributed by atoms with Crippen LogP contribution in [0.4, 0.5) is 0 Å². The molecule has 0 amide bonds. The van der Waals surface area contributed by atoms with Crippen molar-refractivity contribution in [2.24, 2.45) is 0 Å². The van der Waals surface area contributed by atoms with Gasteiger partial charge in [0.2, 0.25) is 0 Å². The highest BCUT2D eigenvalue weighted by molar-refractivity contribution is 7.87. The van der Waals surface area contributed by atoms with Crippen LogP contribution in [0.25, 0.3) is 0 Å². The Hall–Kier alpha value is -1.67. The second-order valence-corrected chi connectivity index (χ2v) is 9.30. The molecule has 1 unspecified atom stereocenters. The van der Waals surface area contributed by atoms with Crippen LogP contribution in [-0.2, 0) is 14.9 Å². The van der Waals surface area contributed by atoms with Crippen molar-refractivity contribution in [1.82, 2.24) is 0 Å². The van der Waals surface area contributed by atoms with E-state index < -0.39 is 26.2 Å². The lowest BCUT2D eigenvalue weighted by molar-refractivity contribution is 0.439. The van der Waals surface area contributed by atoms with E-state index in [1.165, 1.54) is 36.4 Å². The molecular formula is C19H12Cl4O5S. The van der Waals surface area contributed by atoms with E-state index in [2.05, 4.69) is 0 Å². The summed E-state index contributed by atoms with van der Waals surface area (Å²) in [6.45, 7) is 0. The first kappa shape index (κ1) is 22.0. The van der Waals surface area contributed by atoms with Gasteiger partial charge in [-0.3, -0.25) is 4.55 Å². The number of halogens is 4. The third kappa shape index (κ3) is 3.65. The van der Waals surface area contributed by atoms with Gasteiger partial charge in [0.05, 0.1) is 5.02 Å². The van der Waals surface area contributed by atoms with Gasteiger partial charge in [-0.05, 0) is 36.4 Å². The molecule has 0 radical (unpaired) electrons. The Kier molecular flexibility index (Phi) is 5.98. The molecule has 0 bridgehead atoms. The van der Waals surface area contributed by atoms with Crippen molar-refractivity contribution in [3.63, 3.8) is 0 Å². The Bertz CT molecular complexity index is 1190. The highest BCUT2D eigenvalue weighted by Crippen LogP contribution is 2.54. The molecule has 0 fully saturated rings. The van der Waals surface area contributed by atoms with Crippen molar-refractivity contribution in [1.29, 1.82) is 0 Å². The van der Waals surface area contributed by atoms with Crippen LogP contribution < -0.4 is 0 Å². The van der Waals surface area contributed by atoms with E-state index in [-0.39, 0.29) is 37.0 Å². The number of hydrogen-bond donors (Lipinski definition) is 3. The first-order valence-electron chi connectivity index (χ1n) is 7.89. The van der Waals surface area contributed by atoms with Crippen molar-refractivity contribution in [3.8, 4) is 11.5 Å². The minimum Gasteiger partial charge on any atom is -0.508 e. The Morgan fingerprint density at radius 3 is 1.97 bits per heavy atom. The standard InChI is InChI=1S/C19H12Cl4O5S/c20-10-7-16(23)18(17(25)8-10)19(29(26,27)28,12-3-1-2-4-14(12)21)13-9-11(24)5-6-15(13)22/h1-9,24-25H,(H,26,27,28). The van der Waals surface area contributed by atoms with E-state index >= 15 is 0 Å². The quantitative estimate of drug-likeness (QED) is 0.311. The van der Waals surface area contributed by atoms with E-state index in [4.69, 9.17) is 46.4 Å². The molecule has 152 valence electrons. The first-order chi connectivity index (χ1) is 13.5. The molecule has 3 N–H and O–H groups in total. The van der Waals surface area contributed by atoms with Crippen LogP contribution in [-0.4, -0.2) is 23.2 Å². The lowest BCUT2D eigenvalue weighted by Crippen LogP contribution is -2.39. The summed E-state index contributed by atoms with van der Waals surface area (Å²) >= 11 is 24.8. The van der Waals surface area contributed by atoms with Crippen LogP contribution in [0.2, 0.25) is 20.1 Å². The van der Waals surface area contributed by atoms with Gasteiger partial charge in [-0.2, -0.15) is 8.42 Å². The molecule has 0 aliphatic heterocycles. The summed E-state index contributed by atoms with van der Waals surface area (Å²) in [7, 11) is -5.17. The van der Waals surface area contributed by atoms with Gasteiger partial charge in [0.1, 0.15) is 11.5 Å². The zero-order chi connectivity index (χ0) is 21.6. The predicted molar refractivity (Wildman–Crippen MR) is 114 cm³/mol. The van der Waals surface area contributed by atoms with E-state index in [0.717, 1.165) is 12.1 Å². The van der Waals surface area contributed by atoms with Crippen LogP contribution in [0.5, 0.6) is 11.5 Å². The average Bonchev–Trinajstić information content (AvgIpc) is 2.60. The average molecular weight is 494 g/mol. The highest BCUT2D eigenvalue weighted by atomic mass is 35.5. The van der Waals surface area contributed by atoms with Gasteiger partial charge in [0, 0.05) is 31.8 Å². The molecule has 29 heavy (non-hydrogen) atoms. The largest absolute Gasteiger partial charge is 0.508 e. The van der Waals surface area contributed by atoms with E-state index in [1.54, 1.807) is 6.07 Å². The first-order valence-corrected chi connectivity index (χ1v) is 10.8. The topological polar surface area (TPSA) is 94.8 Å². The molecule has 1 atom stereocenters. The molecule has 0 spiro atoms. The zero-order valence-electron chi connectivity index (χ0n) is 14.3. The van der Waals surface area contributed by atoms with Crippen LogP contribution in [0.1, 0.15) is 16.7 Å². The smallest absolute Gasteiger partial charge is 0.283 e. The summed E-state index contributed by atoms with van der Waals surface area (Å²) in [4.78, 5) is 0. The highest BCUT2D eigenvalue weighted by Gasteiger charge is 2.53. The number of aromatic hydroxyl groups is 2. The van der Waals surface area contributed by atoms with Gasteiger partial charge < -0.3 is 10.2 Å². The molecule has 3 aromatic carbocycles. The molecule has 5 nitrogen and oxygen atoms in total. The van der Waals surface area contributed by atoms with Gasteiger partial charge in [-0.1, -0.05) is 64.6 Å². The van der Waals surface area contributed by atoms with Crippen molar-refractivity contribution in [2.75, 3.05) is 0 Å². The van der Waals surface area contributed by atoms with Gasteiger partial charge >= 0.3 is 0 Å². The molecule has 0 saturated carbocycles. The van der Waals surface area contributed by atoms with E-state index in [9.17, 15) is 23.2 Å². The Labute approximate surface area is 186 Å². The lowest BCUT2D eigenvalue weighted by Gasteiger charge is -2.34. The molecule has 10 heteroatoms. The van der Waals surface area contributed by atoms with Crippen LogP contribution in [0.3, 0.4) is 0 Å². The fourth-order valence-electron chi connectivity index (χ4n) is 3.26. The second-order valence-electron chi connectivity index (χ2n) is 6.08. The van der Waals surface area contributed by atoms with Crippen LogP contribution in [0.15, 0.2) is 54.6 Å². The number of hydrogen-bond acceptors (Lipinski definition) is 4. The number of phenolic OH excluding ortho intramolecular Hbond substituents is 2. The summed E-state index contributed by atoms with van der Waals surface area (Å²) < 4.78 is 34.0. The SMILES string of the molecule is O=S(=O)(O)C(c1ccccc1Cl)(c1cc(O)ccc1Cl)c1c(O)cc(Cl)cc1Cl. The van der Waals surface area contributed by atoms with E-state index in [0.29, 0.717) is 0 Å². The molecule has 0 heterocycles. The maximum atomic E-state index is 13.0. The molecule has 0 aromatic heterocycles. The third-order valence-corrected chi connectivity index (χ3v) is 6.95. The Morgan fingerprint density at radius 2 is 1.38 bits per heavy atom. The molecule has 0 aliphatic carbocycles. The number of phenols is 2. The summed E-state index contributed by atoms with van der Waals surface area (Å²) in [6.07, 6.45) is 0. The third-order valence-electron chi connectivity index (χ3n) is 4.36. The van der Waals surface area contributed by atoms with Gasteiger partial charge in [0.15, 0.2) is 4.75 Å². The predicted octanol–water partition coefficient (Wildman–Crippen LogP) is 5.89. The fraction of sp³-hybridized carbons (Fsp3) is 0.0526. The maximum absolute atomic E-state index is 13.0. The minimum atomic E-state index is -5.17. The minimum absolute atomic E-state index is 0.0293. The summed E-state index contributed by atoms with van der Waals surface area (Å²) in [5, 5.41) is 20.2. The van der Waals surface area contributed by atoms with Crippen molar-refractivity contribution in [3.05, 3.63) is 91.4 Å². The monoisotopic (exact) mass is 492 g/mol. The van der Waals surface area contributed by atoms with Crippen LogP contribution in [0, 0.1) is 0 Å². The molecule has 3 rings (SSSR count). The van der Waals surface area contributed by atoms with Gasteiger partial charge in [-0.15, -0.1) is 0 Å². The van der Waals surface area contributed by atoms with Gasteiger partial charge in [0.25, 0.3) is 10.1 Å². The maximum Gasteiger partial charge on any atom is 0.283 e. The summed E-state index contributed by atoms with van der Waals surface area (Å²) in [5.41, 5.74) is -0.836. The molecular weight excluding hydrogens is 482 g/mol. The van der Waals surface area contributed by atoms with Crippen LogP contribution >= 0.6 is 46.4 Å². The van der Waals surface area contributed by atoms with E-state index in [1.807, 2.05) is 0 Å². The zero-order valence-corrected chi connectivity index (χ0v) is 18.1. The second kappa shape index (κ2) is 7.87. The Morgan fingerprint density at radius 1 is 0.759 bits per heavy atom. The summed E-state index contributed by atoms with van der Waals surface area (Å²) in [5.74, 6) is -0.964. The lowest BCUT2D eigenvalue weighted by atomic mass is 9.83. The molecule has 3 aromatic rings. The molecule has 0 saturated heterocycles. The summed E-state index contributed by atoms with van der Waals surface area (Å²) in [6, 6.07) is 11.5. The Balaban J connectivity index is 2.68. The van der Waals surface area contributed by atoms with Crippen molar-refractivity contribution < 1.29 is 23.2 Å².